The first-order valence-electron chi connectivity index (χ1n) is 12.3. The molecule has 1 N–H and O–H groups in total. The van der Waals surface area contributed by atoms with E-state index in [1.807, 2.05) is 24.3 Å². The highest BCUT2D eigenvalue weighted by atomic mass is 16.6. The molecule has 3 fully saturated rings. The van der Waals surface area contributed by atoms with Gasteiger partial charge in [-0.3, -0.25) is 14.4 Å². The summed E-state index contributed by atoms with van der Waals surface area (Å²) in [4.78, 5) is 43.9. The normalized spacial score (nSPS) is 29.4. The fraction of sp³-hybridized carbons (Fsp3) is 0.560. The molecule has 192 valence electrons. The van der Waals surface area contributed by atoms with Crippen LogP contribution in [0, 0.1) is 11.8 Å². The number of para-hydroxylation sites is 1. The molecule has 3 aliphatic rings. The van der Waals surface area contributed by atoms with Gasteiger partial charge in [-0.05, 0) is 38.8 Å². The summed E-state index contributed by atoms with van der Waals surface area (Å²) in [5, 5.41) is 18.4. The minimum absolute atomic E-state index is 0.0862. The second kappa shape index (κ2) is 9.29. The molecule has 2 aromatic rings. The third-order valence-electron chi connectivity index (χ3n) is 7.66. The van der Waals surface area contributed by atoms with Crippen LogP contribution in [0.3, 0.4) is 0 Å². The highest BCUT2D eigenvalue weighted by Crippen LogP contribution is 2.59. The zero-order valence-corrected chi connectivity index (χ0v) is 20.4. The van der Waals surface area contributed by atoms with E-state index in [1.54, 1.807) is 29.5 Å². The van der Waals surface area contributed by atoms with Gasteiger partial charge in [-0.2, -0.15) is 0 Å². The van der Waals surface area contributed by atoms with Gasteiger partial charge in [0.2, 0.25) is 11.8 Å². The van der Waals surface area contributed by atoms with Gasteiger partial charge in [-0.15, -0.1) is 11.7 Å². The van der Waals surface area contributed by atoms with Crippen LogP contribution in [0.25, 0.3) is 11.0 Å². The molecule has 11 heteroatoms. The van der Waals surface area contributed by atoms with Crippen molar-refractivity contribution in [3.8, 4) is 0 Å². The maximum Gasteiger partial charge on any atom is 0.312 e. The van der Waals surface area contributed by atoms with Crippen molar-refractivity contribution in [2.45, 2.75) is 57.1 Å². The number of hydrogen-bond acceptors (Lipinski definition) is 8. The van der Waals surface area contributed by atoms with Crippen LogP contribution in [0.2, 0.25) is 0 Å². The molecule has 5 rings (SSSR count). The lowest BCUT2D eigenvalue weighted by Crippen LogP contribution is -2.58. The molecular formula is C25H31N5O6. The Kier molecular flexibility index (Phi) is 6.29. The van der Waals surface area contributed by atoms with Crippen LogP contribution in [-0.4, -0.2) is 91.2 Å². The van der Waals surface area contributed by atoms with Crippen LogP contribution in [0.5, 0.6) is 0 Å². The molecule has 1 spiro atoms. The van der Waals surface area contributed by atoms with E-state index in [0.29, 0.717) is 18.4 Å². The number of benzene rings is 1. The highest BCUT2D eigenvalue weighted by molar-refractivity contribution is 5.98. The van der Waals surface area contributed by atoms with Crippen molar-refractivity contribution in [2.24, 2.45) is 11.8 Å². The van der Waals surface area contributed by atoms with Gasteiger partial charge in [-0.25, -0.2) is 4.68 Å². The van der Waals surface area contributed by atoms with Crippen molar-refractivity contribution in [1.29, 1.82) is 0 Å². The third-order valence-corrected chi connectivity index (χ3v) is 7.66. The smallest absolute Gasteiger partial charge is 0.312 e. The van der Waals surface area contributed by atoms with Crippen molar-refractivity contribution < 1.29 is 29.0 Å². The number of aromatic nitrogens is 3. The summed E-state index contributed by atoms with van der Waals surface area (Å²) in [6.07, 6.45) is 2.14. The van der Waals surface area contributed by atoms with Gasteiger partial charge in [0.25, 0.3) is 0 Å². The molecule has 1 aromatic heterocycles. The van der Waals surface area contributed by atoms with E-state index in [9.17, 15) is 19.5 Å². The molecule has 0 radical (unpaired) electrons. The van der Waals surface area contributed by atoms with Crippen molar-refractivity contribution >= 4 is 28.8 Å². The van der Waals surface area contributed by atoms with Crippen LogP contribution in [0.15, 0.2) is 36.9 Å². The molecule has 6 atom stereocenters. The van der Waals surface area contributed by atoms with Gasteiger partial charge in [0, 0.05) is 6.54 Å². The molecule has 3 aliphatic heterocycles. The Balaban J connectivity index is 1.53. The zero-order valence-electron chi connectivity index (χ0n) is 20.4. The Morgan fingerprint density at radius 2 is 2.19 bits per heavy atom. The number of ether oxygens (including phenoxy) is 2. The standard InChI is InChI=1S/C25H31N5O6/c1-4-12-28(14-29-17-9-7-6-8-16(17)26-27-29)23(33)21-25-11-10-18(36-25)19(24(34)35-5-2)20(25)22(32)30(21)15(3)13-31/h4,6-9,15,18-21,31H,1,5,10-14H2,2-3H3/t15-,18+,19-,20+,21?,25?/m1/s1. The fourth-order valence-corrected chi connectivity index (χ4v) is 6.17. The van der Waals surface area contributed by atoms with E-state index in [1.165, 1.54) is 4.90 Å². The van der Waals surface area contributed by atoms with Crippen molar-refractivity contribution in [3.63, 3.8) is 0 Å². The van der Waals surface area contributed by atoms with Crippen molar-refractivity contribution in [3.05, 3.63) is 36.9 Å². The monoisotopic (exact) mass is 497 g/mol. The molecule has 2 bridgehead atoms. The number of rotatable bonds is 9. The van der Waals surface area contributed by atoms with Gasteiger partial charge in [0.15, 0.2) is 0 Å². The van der Waals surface area contributed by atoms with E-state index < -0.39 is 41.6 Å². The van der Waals surface area contributed by atoms with Gasteiger partial charge in [-0.1, -0.05) is 23.4 Å². The van der Waals surface area contributed by atoms with Gasteiger partial charge < -0.3 is 24.4 Å². The molecule has 36 heavy (non-hydrogen) atoms. The average molecular weight is 498 g/mol. The van der Waals surface area contributed by atoms with Gasteiger partial charge in [0.1, 0.15) is 23.8 Å². The number of likely N-dealkylation sites (tertiary alicyclic amines) is 1. The minimum Gasteiger partial charge on any atom is -0.466 e. The number of amides is 2. The minimum atomic E-state index is -1.16. The molecule has 2 amide bonds. The SMILES string of the molecule is C=CCN(Cn1nnc2ccccc21)C(=O)C1N([C@H](C)CO)C(=O)[C@@H]2[C@H](C(=O)OCC)[C@@H]3CCC12O3. The van der Waals surface area contributed by atoms with Crippen LogP contribution in [-0.2, 0) is 30.5 Å². The maximum absolute atomic E-state index is 14.2. The molecule has 0 saturated carbocycles. The Morgan fingerprint density at radius 1 is 1.42 bits per heavy atom. The first-order valence-corrected chi connectivity index (χ1v) is 12.3. The molecular weight excluding hydrogens is 466 g/mol. The van der Waals surface area contributed by atoms with E-state index in [2.05, 4.69) is 16.9 Å². The summed E-state index contributed by atoms with van der Waals surface area (Å²) in [6.45, 7) is 7.34. The Bertz CT molecular complexity index is 1200. The predicted molar refractivity (Wildman–Crippen MR) is 127 cm³/mol. The fourth-order valence-electron chi connectivity index (χ4n) is 6.17. The average Bonchev–Trinajstić information content (AvgIpc) is 3.62. The summed E-state index contributed by atoms with van der Waals surface area (Å²) in [5.41, 5.74) is 0.298. The molecule has 2 unspecified atom stereocenters. The number of aliphatic hydroxyl groups excluding tert-OH is 1. The zero-order chi connectivity index (χ0) is 25.6. The van der Waals surface area contributed by atoms with Crippen LogP contribution in [0.4, 0.5) is 0 Å². The summed E-state index contributed by atoms with van der Waals surface area (Å²) >= 11 is 0. The quantitative estimate of drug-likeness (QED) is 0.397. The summed E-state index contributed by atoms with van der Waals surface area (Å²) in [6, 6.07) is 5.78. The summed E-state index contributed by atoms with van der Waals surface area (Å²) < 4.78 is 13.3. The lowest BCUT2D eigenvalue weighted by Gasteiger charge is -2.38. The largest absolute Gasteiger partial charge is 0.466 e. The number of carbonyl (C=O) groups excluding carboxylic acids is 3. The van der Waals surface area contributed by atoms with E-state index in [-0.39, 0.29) is 38.2 Å². The van der Waals surface area contributed by atoms with Gasteiger partial charge >= 0.3 is 5.97 Å². The van der Waals surface area contributed by atoms with E-state index in [0.717, 1.165) is 5.52 Å². The topological polar surface area (TPSA) is 127 Å². The molecule has 3 saturated heterocycles. The summed E-state index contributed by atoms with van der Waals surface area (Å²) in [5.74, 6) is -2.81. The van der Waals surface area contributed by atoms with E-state index in [4.69, 9.17) is 9.47 Å². The Hall–Kier alpha value is -3.31. The third kappa shape index (κ3) is 3.52. The van der Waals surface area contributed by atoms with Crippen LogP contribution in [0.1, 0.15) is 26.7 Å². The number of nitrogens with zero attached hydrogens (tertiary/aromatic N) is 5. The Morgan fingerprint density at radius 3 is 2.92 bits per heavy atom. The predicted octanol–water partition coefficient (Wildman–Crippen LogP) is 0.722. The second-order valence-corrected chi connectivity index (χ2v) is 9.65. The van der Waals surface area contributed by atoms with Crippen molar-refractivity contribution in [1.82, 2.24) is 24.8 Å². The number of fused-ring (bicyclic) bond motifs is 2. The molecule has 0 aliphatic carbocycles. The maximum atomic E-state index is 14.2. The number of hydrogen-bond donors (Lipinski definition) is 1. The van der Waals surface area contributed by atoms with Crippen molar-refractivity contribution in [2.75, 3.05) is 19.8 Å². The molecule has 4 heterocycles. The number of esters is 1. The van der Waals surface area contributed by atoms with Crippen LogP contribution < -0.4 is 0 Å². The lowest BCUT2D eigenvalue weighted by atomic mass is 9.70. The second-order valence-electron chi connectivity index (χ2n) is 9.65. The van der Waals surface area contributed by atoms with Crippen LogP contribution >= 0.6 is 0 Å². The van der Waals surface area contributed by atoms with Gasteiger partial charge in [0.05, 0.1) is 42.7 Å². The molecule has 1 aromatic carbocycles. The lowest BCUT2D eigenvalue weighted by molar-refractivity contribution is -0.156. The Labute approximate surface area is 208 Å². The number of carbonyl (C=O) groups is 3. The highest BCUT2D eigenvalue weighted by Gasteiger charge is 2.75. The van der Waals surface area contributed by atoms with E-state index >= 15 is 0 Å². The molecule has 11 nitrogen and oxygen atoms in total. The first kappa shape index (κ1) is 24.4. The number of aliphatic hydroxyl groups is 1. The summed E-state index contributed by atoms with van der Waals surface area (Å²) in [7, 11) is 0. The first-order chi connectivity index (χ1) is 17.4.